The van der Waals surface area contributed by atoms with Gasteiger partial charge >= 0.3 is 5.97 Å². The number of rotatable bonds is 8. The summed E-state index contributed by atoms with van der Waals surface area (Å²) in [5.41, 5.74) is 0. The molecule has 1 heterocycles. The number of carbonyl (C=O) groups is 2. The number of likely N-dealkylation sites (tertiary alicyclic amines) is 1. The fourth-order valence-corrected chi connectivity index (χ4v) is 3.12. The third-order valence-corrected chi connectivity index (χ3v) is 4.57. The number of halogens is 1. The molecule has 144 valence electrons. The maximum atomic E-state index is 12.5. The predicted molar refractivity (Wildman–Crippen MR) is 100 cm³/mol. The molecule has 1 saturated heterocycles. The molecule has 26 heavy (non-hydrogen) atoms. The minimum atomic E-state index is -0.205. The molecule has 1 aromatic rings. The number of likely N-dealkylation sites (N-methyl/N-ethyl adjacent to an activating group) is 1. The number of piperidine rings is 1. The van der Waals surface area contributed by atoms with Crippen LogP contribution in [0.1, 0.15) is 19.8 Å². The van der Waals surface area contributed by atoms with Crippen molar-refractivity contribution in [1.82, 2.24) is 9.80 Å². The Morgan fingerprint density at radius 2 is 2.19 bits per heavy atom. The van der Waals surface area contributed by atoms with Gasteiger partial charge in [-0.15, -0.1) is 0 Å². The van der Waals surface area contributed by atoms with Gasteiger partial charge in [-0.05, 0) is 45.0 Å². The molecule has 0 aromatic heterocycles. The highest BCUT2D eigenvalue weighted by Gasteiger charge is 2.29. The van der Waals surface area contributed by atoms with E-state index in [0.717, 1.165) is 12.8 Å². The van der Waals surface area contributed by atoms with Crippen LogP contribution in [0.25, 0.3) is 0 Å². The molecular formula is C19H27ClN2O4. The lowest BCUT2D eigenvalue weighted by Crippen LogP contribution is -2.46. The predicted octanol–water partition coefficient (Wildman–Crippen LogP) is 2.45. The van der Waals surface area contributed by atoms with Crippen LogP contribution in [-0.2, 0) is 14.3 Å². The van der Waals surface area contributed by atoms with E-state index in [4.69, 9.17) is 21.1 Å². The van der Waals surface area contributed by atoms with Gasteiger partial charge in [-0.1, -0.05) is 17.7 Å². The van der Waals surface area contributed by atoms with Gasteiger partial charge in [0.1, 0.15) is 12.4 Å². The Kier molecular flexibility index (Phi) is 8.19. The normalized spacial score (nSPS) is 17.2. The SMILES string of the molecule is CCOC(=O)C1CCCN(C(=O)CN(C)CCOc2cccc(Cl)c2)C1. The van der Waals surface area contributed by atoms with Crippen LogP contribution in [0, 0.1) is 5.92 Å². The van der Waals surface area contributed by atoms with Gasteiger partial charge in [-0.3, -0.25) is 14.5 Å². The van der Waals surface area contributed by atoms with Crippen LogP contribution in [0.5, 0.6) is 5.75 Å². The number of carbonyl (C=O) groups excluding carboxylic acids is 2. The highest BCUT2D eigenvalue weighted by Crippen LogP contribution is 2.19. The summed E-state index contributed by atoms with van der Waals surface area (Å²) in [6.45, 7) is 4.70. The van der Waals surface area contributed by atoms with Gasteiger partial charge in [0.2, 0.25) is 5.91 Å². The van der Waals surface area contributed by atoms with Crippen molar-refractivity contribution in [2.45, 2.75) is 19.8 Å². The number of amides is 1. The molecule has 1 amide bonds. The van der Waals surface area contributed by atoms with Gasteiger partial charge in [0.15, 0.2) is 0 Å². The van der Waals surface area contributed by atoms with Gasteiger partial charge in [-0.2, -0.15) is 0 Å². The molecule has 0 bridgehead atoms. The van der Waals surface area contributed by atoms with E-state index < -0.39 is 0 Å². The summed E-state index contributed by atoms with van der Waals surface area (Å²) < 4.78 is 10.7. The standard InChI is InChI=1S/C19H27ClN2O4/c1-3-25-19(24)15-6-5-9-22(13-15)18(23)14-21(2)10-11-26-17-8-4-7-16(20)12-17/h4,7-8,12,15H,3,5-6,9-11,13-14H2,1-2H3. The fraction of sp³-hybridized carbons (Fsp3) is 0.579. The average molecular weight is 383 g/mol. The molecular weight excluding hydrogens is 356 g/mol. The maximum Gasteiger partial charge on any atom is 0.310 e. The Morgan fingerprint density at radius 3 is 2.92 bits per heavy atom. The third-order valence-electron chi connectivity index (χ3n) is 4.34. The van der Waals surface area contributed by atoms with Crippen molar-refractivity contribution in [3.05, 3.63) is 29.3 Å². The van der Waals surface area contributed by atoms with E-state index in [9.17, 15) is 9.59 Å². The van der Waals surface area contributed by atoms with Crippen LogP contribution in [0.15, 0.2) is 24.3 Å². The van der Waals surface area contributed by atoms with Crippen molar-refractivity contribution in [3.63, 3.8) is 0 Å². The lowest BCUT2D eigenvalue weighted by molar-refractivity contribution is -0.151. The van der Waals surface area contributed by atoms with Crippen LogP contribution in [0.2, 0.25) is 5.02 Å². The number of benzene rings is 1. The molecule has 0 saturated carbocycles. The van der Waals surface area contributed by atoms with E-state index >= 15 is 0 Å². The Hall–Kier alpha value is -1.79. The highest BCUT2D eigenvalue weighted by molar-refractivity contribution is 6.30. The first-order valence-corrected chi connectivity index (χ1v) is 9.38. The molecule has 1 atom stereocenters. The summed E-state index contributed by atoms with van der Waals surface area (Å²) in [5.74, 6) is 0.340. The first-order chi connectivity index (χ1) is 12.5. The smallest absolute Gasteiger partial charge is 0.310 e. The minimum Gasteiger partial charge on any atom is -0.492 e. The summed E-state index contributed by atoms with van der Waals surface area (Å²) in [6.07, 6.45) is 1.61. The summed E-state index contributed by atoms with van der Waals surface area (Å²) >= 11 is 5.92. The van der Waals surface area contributed by atoms with Crippen LogP contribution in [0.4, 0.5) is 0 Å². The molecule has 1 aliphatic rings. The molecule has 2 rings (SSSR count). The van der Waals surface area contributed by atoms with Crippen molar-refractivity contribution < 1.29 is 19.1 Å². The van der Waals surface area contributed by atoms with Gasteiger partial charge in [0.25, 0.3) is 0 Å². The van der Waals surface area contributed by atoms with Crippen LogP contribution in [0.3, 0.4) is 0 Å². The lowest BCUT2D eigenvalue weighted by Gasteiger charge is -2.32. The van der Waals surface area contributed by atoms with Crippen molar-refractivity contribution >= 4 is 23.5 Å². The topological polar surface area (TPSA) is 59.1 Å². The first kappa shape index (κ1) is 20.5. The lowest BCUT2D eigenvalue weighted by atomic mass is 9.98. The first-order valence-electron chi connectivity index (χ1n) is 9.01. The van der Waals surface area contributed by atoms with Gasteiger partial charge in [0.05, 0.1) is 19.1 Å². The molecule has 0 aliphatic carbocycles. The molecule has 1 unspecified atom stereocenters. The van der Waals surface area contributed by atoms with E-state index in [2.05, 4.69) is 0 Å². The Bertz CT molecular complexity index is 611. The number of nitrogens with zero attached hydrogens (tertiary/aromatic N) is 2. The second-order valence-corrected chi connectivity index (χ2v) is 6.91. The zero-order valence-corrected chi connectivity index (χ0v) is 16.2. The molecule has 6 nitrogen and oxygen atoms in total. The summed E-state index contributed by atoms with van der Waals surface area (Å²) in [4.78, 5) is 28.1. The molecule has 0 N–H and O–H groups in total. The largest absolute Gasteiger partial charge is 0.492 e. The molecule has 7 heteroatoms. The van der Waals surface area contributed by atoms with Crippen molar-refractivity contribution in [3.8, 4) is 5.75 Å². The second kappa shape index (κ2) is 10.4. The van der Waals surface area contributed by atoms with Gasteiger partial charge in [-0.25, -0.2) is 0 Å². The molecule has 1 fully saturated rings. The average Bonchev–Trinajstić information content (AvgIpc) is 2.62. The summed E-state index contributed by atoms with van der Waals surface area (Å²) in [5, 5.41) is 0.632. The van der Waals surface area contributed by atoms with Crippen LogP contribution < -0.4 is 4.74 Å². The summed E-state index contributed by atoms with van der Waals surface area (Å²) in [6, 6.07) is 7.23. The number of esters is 1. The van der Waals surface area contributed by atoms with Crippen molar-refractivity contribution in [2.75, 3.05) is 46.4 Å². The Morgan fingerprint density at radius 1 is 1.38 bits per heavy atom. The summed E-state index contributed by atoms with van der Waals surface area (Å²) in [7, 11) is 1.88. The zero-order chi connectivity index (χ0) is 18.9. The molecule has 0 radical (unpaired) electrons. The van der Waals surface area contributed by atoms with Gasteiger partial charge in [0, 0.05) is 24.7 Å². The molecule has 1 aromatic carbocycles. The quantitative estimate of drug-likeness (QED) is 0.646. The number of hydrogen-bond donors (Lipinski definition) is 0. The van der Waals surface area contributed by atoms with Gasteiger partial charge < -0.3 is 14.4 Å². The van der Waals surface area contributed by atoms with E-state index in [1.54, 1.807) is 24.0 Å². The minimum absolute atomic E-state index is 0.0317. The Labute approximate surface area is 160 Å². The second-order valence-electron chi connectivity index (χ2n) is 6.47. The van der Waals surface area contributed by atoms with Crippen molar-refractivity contribution in [1.29, 1.82) is 0 Å². The van der Waals surface area contributed by atoms with Crippen molar-refractivity contribution in [2.24, 2.45) is 5.92 Å². The molecule has 0 spiro atoms. The van der Waals surface area contributed by atoms with E-state index in [1.807, 2.05) is 24.1 Å². The van der Waals surface area contributed by atoms with Crippen LogP contribution in [-0.4, -0.2) is 68.1 Å². The zero-order valence-electron chi connectivity index (χ0n) is 15.4. The number of hydrogen-bond acceptors (Lipinski definition) is 5. The third kappa shape index (κ3) is 6.50. The van der Waals surface area contributed by atoms with E-state index in [-0.39, 0.29) is 17.8 Å². The highest BCUT2D eigenvalue weighted by atomic mass is 35.5. The monoisotopic (exact) mass is 382 g/mol. The fourth-order valence-electron chi connectivity index (χ4n) is 2.94. The van der Waals surface area contributed by atoms with Crippen LogP contribution >= 0.6 is 11.6 Å². The number of ether oxygens (including phenoxy) is 2. The molecule has 1 aliphatic heterocycles. The van der Waals surface area contributed by atoms with E-state index in [0.29, 0.717) is 50.2 Å². The maximum absolute atomic E-state index is 12.5. The Balaban J connectivity index is 1.73. The van der Waals surface area contributed by atoms with E-state index in [1.165, 1.54) is 0 Å².